The highest BCUT2D eigenvalue weighted by atomic mass is 35.5. The predicted octanol–water partition coefficient (Wildman–Crippen LogP) is 5.48. The zero-order valence-corrected chi connectivity index (χ0v) is 26.6. The minimum absolute atomic E-state index is 0.0367. The van der Waals surface area contributed by atoms with Crippen LogP contribution >= 0.6 is 11.6 Å². The third-order valence-corrected chi connectivity index (χ3v) is 10.9. The molecule has 0 atom stereocenters. The first-order chi connectivity index (χ1) is 20.0. The molecule has 9 heteroatoms. The van der Waals surface area contributed by atoms with E-state index in [1.165, 1.54) is 5.69 Å². The highest BCUT2D eigenvalue weighted by molar-refractivity contribution is 7.89. The number of carbonyl (C=O) groups is 1. The van der Waals surface area contributed by atoms with E-state index >= 15 is 0 Å². The molecule has 1 amide bonds. The van der Waals surface area contributed by atoms with Crippen LogP contribution in [0.25, 0.3) is 0 Å². The van der Waals surface area contributed by atoms with Gasteiger partial charge in [-0.2, -0.15) is 0 Å². The van der Waals surface area contributed by atoms with Crippen LogP contribution < -0.4 is 9.62 Å². The highest BCUT2D eigenvalue weighted by Gasteiger charge is 2.29. The molecule has 2 aliphatic heterocycles. The van der Waals surface area contributed by atoms with Crippen LogP contribution in [0, 0.1) is 27.7 Å². The second-order valence-electron chi connectivity index (χ2n) is 11.6. The Bertz CT molecular complexity index is 1500. The van der Waals surface area contributed by atoms with E-state index in [1.807, 2.05) is 62.9 Å². The van der Waals surface area contributed by atoms with Crippen molar-refractivity contribution in [3.8, 4) is 0 Å². The first kappa shape index (κ1) is 30.5. The largest absolute Gasteiger partial charge is 0.369 e. The Kier molecular flexibility index (Phi) is 9.28. The summed E-state index contributed by atoms with van der Waals surface area (Å²) >= 11 is 6.04. The van der Waals surface area contributed by atoms with E-state index in [9.17, 15) is 13.2 Å². The van der Waals surface area contributed by atoms with E-state index < -0.39 is 10.0 Å². The molecular formula is C33H41ClN4O3S. The molecule has 42 heavy (non-hydrogen) atoms. The van der Waals surface area contributed by atoms with Crippen LogP contribution in [0.15, 0.2) is 59.5 Å². The van der Waals surface area contributed by atoms with Crippen molar-refractivity contribution in [2.24, 2.45) is 0 Å². The highest BCUT2D eigenvalue weighted by Crippen LogP contribution is 2.27. The monoisotopic (exact) mass is 608 g/mol. The number of halogens is 1. The lowest BCUT2D eigenvalue weighted by molar-refractivity contribution is 0.0611. The summed E-state index contributed by atoms with van der Waals surface area (Å²) in [7, 11) is -3.68. The van der Waals surface area contributed by atoms with Crippen molar-refractivity contribution in [3.05, 3.63) is 93.0 Å². The molecule has 2 heterocycles. The summed E-state index contributed by atoms with van der Waals surface area (Å²) in [5.41, 5.74) is 6.13. The van der Waals surface area contributed by atoms with Gasteiger partial charge in [0.25, 0.3) is 5.91 Å². The van der Waals surface area contributed by atoms with E-state index in [0.29, 0.717) is 16.5 Å². The Morgan fingerprint density at radius 1 is 0.833 bits per heavy atom. The molecule has 2 saturated heterocycles. The fourth-order valence-electron chi connectivity index (χ4n) is 6.21. The fraction of sp³-hybridized carbons (Fsp3) is 0.424. The molecule has 0 aliphatic carbocycles. The first-order valence-electron chi connectivity index (χ1n) is 14.7. The van der Waals surface area contributed by atoms with E-state index in [2.05, 4.69) is 26.7 Å². The van der Waals surface area contributed by atoms with Gasteiger partial charge in [-0.1, -0.05) is 29.8 Å². The van der Waals surface area contributed by atoms with Gasteiger partial charge >= 0.3 is 0 Å². The molecular weight excluding hydrogens is 568 g/mol. The number of anilines is 1. The number of aryl methyl sites for hydroxylation is 2. The SMILES string of the molecule is Cc1cc(C)c(C)c(S(=O)(=O)NCc2ccc(C(=O)N3CCC(N4CCN(c5ccc(Cl)cc5)CC4)CC3)cc2)c1C. The Labute approximate surface area is 255 Å². The van der Waals surface area contributed by atoms with Gasteiger partial charge in [0.2, 0.25) is 10.0 Å². The Morgan fingerprint density at radius 3 is 1.98 bits per heavy atom. The van der Waals surface area contributed by atoms with Gasteiger partial charge in [0.15, 0.2) is 0 Å². The first-order valence-corrected chi connectivity index (χ1v) is 16.6. The van der Waals surface area contributed by atoms with Crippen molar-refractivity contribution in [2.75, 3.05) is 44.2 Å². The minimum Gasteiger partial charge on any atom is -0.369 e. The van der Waals surface area contributed by atoms with E-state index in [1.54, 1.807) is 12.1 Å². The number of likely N-dealkylation sites (tertiary alicyclic amines) is 1. The number of piperazine rings is 1. The number of rotatable bonds is 7. The molecule has 1 N–H and O–H groups in total. The molecule has 7 nitrogen and oxygen atoms in total. The van der Waals surface area contributed by atoms with Crippen molar-refractivity contribution in [1.29, 1.82) is 0 Å². The molecule has 3 aromatic carbocycles. The minimum atomic E-state index is -3.68. The van der Waals surface area contributed by atoms with E-state index in [4.69, 9.17) is 11.6 Å². The number of sulfonamides is 1. The summed E-state index contributed by atoms with van der Waals surface area (Å²) in [6.07, 6.45) is 1.95. The molecule has 0 radical (unpaired) electrons. The topological polar surface area (TPSA) is 73.0 Å². The number of carbonyl (C=O) groups excluding carboxylic acids is 1. The Balaban J connectivity index is 1.11. The number of amides is 1. The van der Waals surface area contributed by atoms with Gasteiger partial charge in [-0.3, -0.25) is 9.69 Å². The summed E-state index contributed by atoms with van der Waals surface area (Å²) in [6.45, 7) is 13.3. The molecule has 3 aromatic rings. The lowest BCUT2D eigenvalue weighted by atomic mass is 10.0. The summed E-state index contributed by atoms with van der Waals surface area (Å²) < 4.78 is 29.1. The van der Waals surface area contributed by atoms with Crippen LogP contribution in [0.4, 0.5) is 5.69 Å². The smallest absolute Gasteiger partial charge is 0.253 e. The summed E-state index contributed by atoms with van der Waals surface area (Å²) in [5.74, 6) is 0.0367. The molecule has 5 rings (SSSR count). The van der Waals surface area contributed by atoms with Gasteiger partial charge in [0.1, 0.15) is 0 Å². The quantitative estimate of drug-likeness (QED) is 0.385. The standard InChI is InChI=1S/C33H41ClN4O3S/c1-23-21-24(2)26(4)32(25(23)3)42(40,41)35-22-27-5-7-28(8-6-27)33(39)38-15-13-31(14-16-38)37-19-17-36(18-20-37)30-11-9-29(34)10-12-30/h5-12,21,31,35H,13-20,22H2,1-4H3. The van der Waals surface area contributed by atoms with Crippen molar-refractivity contribution >= 4 is 33.2 Å². The average Bonchev–Trinajstić information content (AvgIpc) is 3.00. The fourth-order valence-corrected chi connectivity index (χ4v) is 7.97. The van der Waals surface area contributed by atoms with Crippen molar-refractivity contribution in [3.63, 3.8) is 0 Å². The zero-order valence-electron chi connectivity index (χ0n) is 25.0. The van der Waals surface area contributed by atoms with Crippen LogP contribution in [-0.4, -0.2) is 69.4 Å². The van der Waals surface area contributed by atoms with Gasteiger partial charge < -0.3 is 9.80 Å². The maximum Gasteiger partial charge on any atom is 0.253 e. The normalized spacial score (nSPS) is 17.1. The van der Waals surface area contributed by atoms with Gasteiger partial charge in [-0.05, 0) is 105 Å². The number of nitrogens with one attached hydrogen (secondary N) is 1. The third kappa shape index (κ3) is 6.67. The van der Waals surface area contributed by atoms with Crippen LogP contribution in [0.1, 0.15) is 51.0 Å². The average molecular weight is 609 g/mol. The van der Waals surface area contributed by atoms with Gasteiger partial charge in [0, 0.05) is 68.1 Å². The number of nitrogens with zero attached hydrogens (tertiary/aromatic N) is 3. The Hall–Kier alpha value is -2.91. The van der Waals surface area contributed by atoms with E-state index in [-0.39, 0.29) is 12.5 Å². The van der Waals surface area contributed by atoms with Crippen molar-refractivity contribution in [1.82, 2.24) is 14.5 Å². The van der Waals surface area contributed by atoms with Crippen LogP contribution in [0.2, 0.25) is 5.02 Å². The second-order valence-corrected chi connectivity index (χ2v) is 13.8. The number of hydrogen-bond donors (Lipinski definition) is 1. The summed E-state index contributed by atoms with van der Waals surface area (Å²) in [5, 5.41) is 0.760. The molecule has 0 unspecified atom stereocenters. The molecule has 224 valence electrons. The number of hydrogen-bond acceptors (Lipinski definition) is 5. The zero-order chi connectivity index (χ0) is 30.0. The van der Waals surface area contributed by atoms with Gasteiger partial charge in [0.05, 0.1) is 4.90 Å². The van der Waals surface area contributed by atoms with Crippen molar-refractivity contribution < 1.29 is 13.2 Å². The van der Waals surface area contributed by atoms with Crippen LogP contribution in [0.3, 0.4) is 0 Å². The van der Waals surface area contributed by atoms with Crippen molar-refractivity contribution in [2.45, 2.75) is 58.0 Å². The maximum absolute atomic E-state index is 13.2. The van der Waals surface area contributed by atoms with Gasteiger partial charge in [-0.15, -0.1) is 0 Å². The van der Waals surface area contributed by atoms with Gasteiger partial charge in [-0.25, -0.2) is 13.1 Å². The lowest BCUT2D eigenvalue weighted by Crippen LogP contribution is -2.53. The molecule has 2 fully saturated rings. The third-order valence-electron chi connectivity index (χ3n) is 9.01. The summed E-state index contributed by atoms with van der Waals surface area (Å²) in [4.78, 5) is 20.5. The van der Waals surface area contributed by atoms with E-state index in [0.717, 1.165) is 85.0 Å². The predicted molar refractivity (Wildman–Crippen MR) is 170 cm³/mol. The molecule has 0 aromatic heterocycles. The second kappa shape index (κ2) is 12.8. The summed E-state index contributed by atoms with van der Waals surface area (Å²) in [6, 6.07) is 17.9. The molecule has 0 spiro atoms. The number of benzene rings is 3. The molecule has 0 bridgehead atoms. The number of piperidine rings is 1. The Morgan fingerprint density at radius 2 is 1.40 bits per heavy atom. The maximum atomic E-state index is 13.2. The van der Waals surface area contributed by atoms with Crippen LogP contribution in [-0.2, 0) is 16.6 Å². The lowest BCUT2D eigenvalue weighted by Gasteiger charge is -2.43. The molecule has 0 saturated carbocycles. The van der Waals surface area contributed by atoms with Crippen LogP contribution in [0.5, 0.6) is 0 Å². The molecule has 2 aliphatic rings.